The molecule has 6 nitrogen and oxygen atoms in total. The van der Waals surface area contributed by atoms with Crippen LogP contribution in [0.5, 0.6) is 0 Å². The van der Waals surface area contributed by atoms with E-state index in [1.54, 1.807) is 0 Å². The molecule has 134 valence electrons. The van der Waals surface area contributed by atoms with Crippen LogP contribution in [-0.2, 0) is 4.74 Å². The zero-order valence-electron chi connectivity index (χ0n) is 15.2. The van der Waals surface area contributed by atoms with Crippen LogP contribution in [0, 0.1) is 0 Å². The summed E-state index contributed by atoms with van der Waals surface area (Å²) >= 11 is 0. The molecule has 0 unspecified atom stereocenters. The number of urea groups is 1. The average Bonchev–Trinajstić information content (AvgIpc) is 2.53. The Bertz CT molecular complexity index is 378. The summed E-state index contributed by atoms with van der Waals surface area (Å²) in [5, 5.41) is 6.20. The highest BCUT2D eigenvalue weighted by Crippen LogP contribution is 2.21. The van der Waals surface area contributed by atoms with Gasteiger partial charge in [-0.05, 0) is 53.6 Å². The molecule has 0 aromatic rings. The summed E-state index contributed by atoms with van der Waals surface area (Å²) in [6.45, 7) is 7.54. The Balaban J connectivity index is 1.70. The third-order valence-corrected chi connectivity index (χ3v) is 5.26. The maximum Gasteiger partial charge on any atom is 0.315 e. The number of nitrogens with one attached hydrogen (secondary N) is 2. The standard InChI is InChI=1S/C17H34N4O2/c1-13(21-8-9-23-12-14(21)2)11-18-17(22)19-15-6-5-7-16(10-15)20(3)4/h13-16H,5-12H2,1-4H3,(H2,18,19,22)/t13-,14+,15-,16+/m1/s1. The molecule has 0 aromatic carbocycles. The van der Waals surface area contributed by atoms with Gasteiger partial charge in [0, 0.05) is 37.3 Å². The van der Waals surface area contributed by atoms with Crippen molar-refractivity contribution in [3.63, 3.8) is 0 Å². The molecule has 2 fully saturated rings. The first kappa shape index (κ1) is 18.5. The summed E-state index contributed by atoms with van der Waals surface area (Å²) in [4.78, 5) is 16.9. The van der Waals surface area contributed by atoms with Crippen molar-refractivity contribution in [1.82, 2.24) is 20.4 Å². The molecule has 1 aliphatic heterocycles. The Labute approximate surface area is 140 Å². The summed E-state index contributed by atoms with van der Waals surface area (Å²) in [7, 11) is 4.25. The van der Waals surface area contributed by atoms with Crippen molar-refractivity contribution in [2.75, 3.05) is 40.4 Å². The molecule has 2 amide bonds. The molecule has 2 aliphatic rings. The zero-order chi connectivity index (χ0) is 16.8. The van der Waals surface area contributed by atoms with Gasteiger partial charge in [-0.15, -0.1) is 0 Å². The second kappa shape index (κ2) is 8.85. The maximum absolute atomic E-state index is 12.2. The van der Waals surface area contributed by atoms with E-state index in [4.69, 9.17) is 4.74 Å². The summed E-state index contributed by atoms with van der Waals surface area (Å²) in [6, 6.07) is 1.61. The second-order valence-corrected chi connectivity index (χ2v) is 7.35. The lowest BCUT2D eigenvalue weighted by molar-refractivity contribution is -0.0176. The predicted molar refractivity (Wildman–Crippen MR) is 92.7 cm³/mol. The van der Waals surface area contributed by atoms with Gasteiger partial charge in [-0.2, -0.15) is 0 Å². The summed E-state index contributed by atoms with van der Waals surface area (Å²) < 4.78 is 5.47. The van der Waals surface area contributed by atoms with Gasteiger partial charge in [-0.3, -0.25) is 4.90 Å². The van der Waals surface area contributed by atoms with E-state index in [0.29, 0.717) is 30.7 Å². The van der Waals surface area contributed by atoms with Crippen molar-refractivity contribution >= 4 is 6.03 Å². The van der Waals surface area contributed by atoms with Crippen LogP contribution in [0.15, 0.2) is 0 Å². The monoisotopic (exact) mass is 326 g/mol. The minimum atomic E-state index is -0.0258. The highest BCUT2D eigenvalue weighted by Gasteiger charge is 2.26. The molecule has 0 aromatic heterocycles. The topological polar surface area (TPSA) is 56.8 Å². The summed E-state index contributed by atoms with van der Waals surface area (Å²) in [5.74, 6) is 0. The molecule has 0 radical (unpaired) electrons. The van der Waals surface area contributed by atoms with Crippen molar-refractivity contribution < 1.29 is 9.53 Å². The minimum Gasteiger partial charge on any atom is -0.379 e. The van der Waals surface area contributed by atoms with Crippen LogP contribution in [0.25, 0.3) is 0 Å². The van der Waals surface area contributed by atoms with Gasteiger partial charge >= 0.3 is 6.03 Å². The molecule has 1 saturated heterocycles. The summed E-state index contributed by atoms with van der Waals surface area (Å²) in [5.41, 5.74) is 0. The Hall–Kier alpha value is -0.850. The van der Waals surface area contributed by atoms with Gasteiger partial charge in [-0.1, -0.05) is 0 Å². The minimum absolute atomic E-state index is 0.0258. The normalized spacial score (nSPS) is 30.9. The highest BCUT2D eigenvalue weighted by molar-refractivity contribution is 5.74. The van der Waals surface area contributed by atoms with Gasteiger partial charge in [-0.25, -0.2) is 4.79 Å². The van der Waals surface area contributed by atoms with Crippen molar-refractivity contribution in [2.24, 2.45) is 0 Å². The Morgan fingerprint density at radius 2 is 2.17 bits per heavy atom. The van der Waals surface area contributed by atoms with Crippen molar-refractivity contribution in [3.8, 4) is 0 Å². The first-order valence-electron chi connectivity index (χ1n) is 9.01. The van der Waals surface area contributed by atoms with E-state index < -0.39 is 0 Å². The van der Waals surface area contributed by atoms with Crippen molar-refractivity contribution in [2.45, 2.75) is 63.7 Å². The first-order chi connectivity index (χ1) is 11.0. The molecule has 2 N–H and O–H groups in total. The number of hydrogen-bond acceptors (Lipinski definition) is 4. The number of morpholine rings is 1. The lowest BCUT2D eigenvalue weighted by Gasteiger charge is -2.38. The first-order valence-corrected chi connectivity index (χ1v) is 9.01. The SMILES string of the molecule is C[C@H](CNC(=O)N[C@@H]1CCC[C@H](N(C)C)C1)N1CCOC[C@@H]1C. The maximum atomic E-state index is 12.2. The van der Waals surface area contributed by atoms with Gasteiger partial charge in [0.05, 0.1) is 13.2 Å². The van der Waals surface area contributed by atoms with Crippen LogP contribution in [0.3, 0.4) is 0 Å². The Morgan fingerprint density at radius 3 is 2.87 bits per heavy atom. The van der Waals surface area contributed by atoms with Crippen LogP contribution in [0.4, 0.5) is 4.79 Å². The highest BCUT2D eigenvalue weighted by atomic mass is 16.5. The molecule has 23 heavy (non-hydrogen) atoms. The van der Waals surface area contributed by atoms with Gasteiger partial charge in [0.1, 0.15) is 0 Å². The van der Waals surface area contributed by atoms with Crippen LogP contribution in [0.2, 0.25) is 0 Å². The fourth-order valence-corrected chi connectivity index (χ4v) is 3.75. The molecular formula is C17H34N4O2. The van der Waals surface area contributed by atoms with E-state index in [0.717, 1.165) is 32.6 Å². The van der Waals surface area contributed by atoms with E-state index in [2.05, 4.69) is 48.4 Å². The molecule has 6 heteroatoms. The number of nitrogens with zero attached hydrogens (tertiary/aromatic N) is 2. The molecule has 0 bridgehead atoms. The third-order valence-electron chi connectivity index (χ3n) is 5.26. The van der Waals surface area contributed by atoms with Crippen LogP contribution < -0.4 is 10.6 Å². The fourth-order valence-electron chi connectivity index (χ4n) is 3.75. The van der Waals surface area contributed by atoms with Crippen molar-refractivity contribution in [3.05, 3.63) is 0 Å². The Morgan fingerprint density at radius 1 is 1.39 bits per heavy atom. The molecule has 4 atom stereocenters. The zero-order valence-corrected chi connectivity index (χ0v) is 15.2. The van der Waals surface area contributed by atoms with E-state index in [-0.39, 0.29) is 6.03 Å². The number of ether oxygens (including phenoxy) is 1. The second-order valence-electron chi connectivity index (χ2n) is 7.35. The van der Waals surface area contributed by atoms with Gasteiger partial charge < -0.3 is 20.3 Å². The molecule has 1 saturated carbocycles. The predicted octanol–water partition coefficient (Wildman–Crippen LogP) is 1.27. The summed E-state index contributed by atoms with van der Waals surface area (Å²) in [6.07, 6.45) is 4.57. The van der Waals surface area contributed by atoms with E-state index in [9.17, 15) is 4.79 Å². The van der Waals surface area contributed by atoms with E-state index in [1.165, 1.54) is 12.8 Å². The van der Waals surface area contributed by atoms with Crippen LogP contribution >= 0.6 is 0 Å². The fraction of sp³-hybridized carbons (Fsp3) is 0.941. The van der Waals surface area contributed by atoms with Gasteiger partial charge in [0.2, 0.25) is 0 Å². The number of amides is 2. The number of rotatable bonds is 5. The molecule has 0 spiro atoms. The molecule has 1 aliphatic carbocycles. The van der Waals surface area contributed by atoms with Crippen LogP contribution in [0.1, 0.15) is 39.5 Å². The average molecular weight is 326 g/mol. The van der Waals surface area contributed by atoms with Gasteiger partial charge in [0.15, 0.2) is 0 Å². The Kier molecular flexibility index (Phi) is 7.11. The molecular weight excluding hydrogens is 292 g/mol. The quantitative estimate of drug-likeness (QED) is 0.799. The number of hydrogen-bond donors (Lipinski definition) is 2. The number of carbonyl (C=O) groups is 1. The lowest BCUT2D eigenvalue weighted by atomic mass is 9.90. The van der Waals surface area contributed by atoms with Gasteiger partial charge in [0.25, 0.3) is 0 Å². The van der Waals surface area contributed by atoms with E-state index in [1.807, 2.05) is 0 Å². The lowest BCUT2D eigenvalue weighted by Crippen LogP contribution is -2.54. The number of carbonyl (C=O) groups excluding carboxylic acids is 1. The van der Waals surface area contributed by atoms with Crippen LogP contribution in [-0.4, -0.2) is 80.4 Å². The molecule has 2 rings (SSSR count). The molecule has 1 heterocycles. The third kappa shape index (κ3) is 5.62. The van der Waals surface area contributed by atoms with E-state index >= 15 is 0 Å². The smallest absolute Gasteiger partial charge is 0.315 e. The largest absolute Gasteiger partial charge is 0.379 e. The van der Waals surface area contributed by atoms with Crippen molar-refractivity contribution in [1.29, 1.82) is 0 Å².